The average molecular weight is 309 g/mol. The Bertz CT molecular complexity index is 664. The lowest BCUT2D eigenvalue weighted by Crippen LogP contribution is -2.34. The summed E-state index contributed by atoms with van der Waals surface area (Å²) in [5, 5.41) is 20.3. The fraction of sp³-hybridized carbons (Fsp3) is 0.333. The third-order valence-corrected chi connectivity index (χ3v) is 3.57. The lowest BCUT2D eigenvalue weighted by Gasteiger charge is -2.05. The highest BCUT2D eigenvalue weighted by atomic mass is 32.1. The Hall–Kier alpha value is -2.42. The molecule has 0 aliphatic heterocycles. The number of carbonyl (C=O) groups is 2. The normalized spacial score (nSPS) is 10.4. The molecule has 8 nitrogen and oxygen atoms in total. The molecule has 0 unspecified atom stereocenters. The van der Waals surface area contributed by atoms with Gasteiger partial charge in [0.2, 0.25) is 0 Å². The third-order valence-electron chi connectivity index (χ3n) is 2.73. The summed E-state index contributed by atoms with van der Waals surface area (Å²) in [6.45, 7) is 2.44. The number of hydrogen-bond donors (Lipinski definition) is 3. The Morgan fingerprint density at radius 2 is 2.10 bits per heavy atom. The van der Waals surface area contributed by atoms with Crippen LogP contribution in [-0.2, 0) is 20.1 Å². The van der Waals surface area contributed by atoms with E-state index in [-0.39, 0.29) is 18.3 Å². The summed E-state index contributed by atoms with van der Waals surface area (Å²) < 4.78 is 1.69. The first-order chi connectivity index (χ1) is 9.95. The van der Waals surface area contributed by atoms with Crippen LogP contribution >= 0.6 is 11.3 Å². The van der Waals surface area contributed by atoms with Gasteiger partial charge >= 0.3 is 12.0 Å². The molecule has 0 aromatic carbocycles. The number of aromatic nitrogens is 3. The van der Waals surface area contributed by atoms with Gasteiger partial charge in [-0.1, -0.05) is 0 Å². The SMILES string of the molecule is Cc1nn(C)cc1CNC(=O)NCc1nc(C(=O)O)cs1. The van der Waals surface area contributed by atoms with Crippen LogP contribution in [0.1, 0.15) is 26.8 Å². The van der Waals surface area contributed by atoms with Crippen LogP contribution in [0.3, 0.4) is 0 Å². The van der Waals surface area contributed by atoms with Crippen LogP contribution in [0.5, 0.6) is 0 Å². The molecule has 0 atom stereocenters. The topological polar surface area (TPSA) is 109 Å². The summed E-state index contributed by atoms with van der Waals surface area (Å²) in [6, 6.07) is -0.342. The van der Waals surface area contributed by atoms with Gasteiger partial charge in [-0.25, -0.2) is 14.6 Å². The molecule has 2 heterocycles. The number of urea groups is 1. The van der Waals surface area contributed by atoms with Crippen LogP contribution in [0.2, 0.25) is 0 Å². The molecule has 0 saturated carbocycles. The predicted molar refractivity (Wildman–Crippen MR) is 76.1 cm³/mol. The Balaban J connectivity index is 1.79. The fourth-order valence-corrected chi connectivity index (χ4v) is 2.41. The van der Waals surface area contributed by atoms with Crippen molar-refractivity contribution in [3.05, 3.63) is 33.5 Å². The van der Waals surface area contributed by atoms with Gasteiger partial charge in [0.15, 0.2) is 5.69 Å². The number of rotatable bonds is 5. The summed E-state index contributed by atoms with van der Waals surface area (Å²) in [5.41, 5.74) is 1.79. The lowest BCUT2D eigenvalue weighted by molar-refractivity contribution is 0.0691. The molecule has 2 aromatic heterocycles. The van der Waals surface area contributed by atoms with Crippen LogP contribution in [0.4, 0.5) is 4.79 Å². The van der Waals surface area contributed by atoms with Gasteiger partial charge in [0.05, 0.1) is 12.2 Å². The quantitative estimate of drug-likeness (QED) is 0.759. The molecule has 21 heavy (non-hydrogen) atoms. The molecule has 9 heteroatoms. The van der Waals surface area contributed by atoms with Crippen LogP contribution < -0.4 is 10.6 Å². The summed E-state index contributed by atoms with van der Waals surface area (Å²) in [5.74, 6) is -1.07. The molecular formula is C12H15N5O3S. The van der Waals surface area contributed by atoms with Gasteiger partial charge in [0.25, 0.3) is 0 Å². The highest BCUT2D eigenvalue weighted by molar-refractivity contribution is 7.09. The highest BCUT2D eigenvalue weighted by Gasteiger charge is 2.10. The monoisotopic (exact) mass is 309 g/mol. The minimum absolute atomic E-state index is 0.0109. The maximum atomic E-state index is 11.7. The van der Waals surface area contributed by atoms with Crippen LogP contribution in [0.25, 0.3) is 0 Å². The number of nitrogens with one attached hydrogen (secondary N) is 2. The largest absolute Gasteiger partial charge is 0.476 e. The first-order valence-corrected chi connectivity index (χ1v) is 7.02. The summed E-state index contributed by atoms with van der Waals surface area (Å²) >= 11 is 1.19. The van der Waals surface area contributed by atoms with E-state index < -0.39 is 5.97 Å². The number of aryl methyl sites for hydroxylation is 2. The number of carbonyl (C=O) groups excluding carboxylic acids is 1. The van der Waals surface area contributed by atoms with E-state index in [9.17, 15) is 9.59 Å². The van der Waals surface area contributed by atoms with E-state index in [4.69, 9.17) is 5.11 Å². The molecule has 0 saturated heterocycles. The molecule has 2 aromatic rings. The minimum atomic E-state index is -1.07. The van der Waals surface area contributed by atoms with E-state index >= 15 is 0 Å². The smallest absolute Gasteiger partial charge is 0.355 e. The summed E-state index contributed by atoms with van der Waals surface area (Å²) in [4.78, 5) is 26.2. The summed E-state index contributed by atoms with van der Waals surface area (Å²) in [6.07, 6.45) is 1.84. The molecule has 3 N–H and O–H groups in total. The van der Waals surface area contributed by atoms with Crippen molar-refractivity contribution in [1.82, 2.24) is 25.4 Å². The molecule has 112 valence electrons. The zero-order valence-corrected chi connectivity index (χ0v) is 12.4. The van der Waals surface area contributed by atoms with E-state index in [2.05, 4.69) is 20.7 Å². The Morgan fingerprint density at radius 1 is 1.38 bits per heavy atom. The van der Waals surface area contributed by atoms with Crippen molar-refractivity contribution in [3.63, 3.8) is 0 Å². The Morgan fingerprint density at radius 3 is 2.67 bits per heavy atom. The van der Waals surface area contributed by atoms with Crippen LogP contribution in [0.15, 0.2) is 11.6 Å². The number of thiazole rings is 1. The van der Waals surface area contributed by atoms with Gasteiger partial charge in [0.1, 0.15) is 5.01 Å². The first kappa shape index (κ1) is 15.0. The second-order valence-corrected chi connectivity index (χ2v) is 5.32. The van der Waals surface area contributed by atoms with Crippen molar-refractivity contribution in [2.75, 3.05) is 0 Å². The zero-order chi connectivity index (χ0) is 15.4. The average Bonchev–Trinajstić information content (AvgIpc) is 3.01. The van der Waals surface area contributed by atoms with Crippen LogP contribution in [0, 0.1) is 6.92 Å². The number of amides is 2. The predicted octanol–water partition coefficient (Wildman–Crippen LogP) is 0.883. The van der Waals surface area contributed by atoms with Gasteiger partial charge in [0, 0.05) is 30.7 Å². The molecule has 0 aliphatic rings. The van der Waals surface area contributed by atoms with E-state index in [1.807, 2.05) is 20.2 Å². The summed E-state index contributed by atoms with van der Waals surface area (Å²) in [7, 11) is 1.82. The molecule has 2 rings (SSSR count). The van der Waals surface area contributed by atoms with Crippen molar-refractivity contribution in [2.45, 2.75) is 20.0 Å². The number of carboxylic acids is 1. The van der Waals surface area contributed by atoms with E-state index in [0.717, 1.165) is 11.3 Å². The van der Waals surface area contributed by atoms with Crippen LogP contribution in [-0.4, -0.2) is 31.9 Å². The Labute approximate surface area is 124 Å². The van der Waals surface area contributed by atoms with E-state index in [1.54, 1.807) is 4.68 Å². The zero-order valence-electron chi connectivity index (χ0n) is 11.6. The number of nitrogens with zero attached hydrogens (tertiary/aromatic N) is 3. The second kappa shape index (κ2) is 6.35. The van der Waals surface area contributed by atoms with Crippen molar-refractivity contribution >= 4 is 23.3 Å². The van der Waals surface area contributed by atoms with Crippen molar-refractivity contribution < 1.29 is 14.7 Å². The minimum Gasteiger partial charge on any atom is -0.476 e. The maximum Gasteiger partial charge on any atom is 0.355 e. The van der Waals surface area contributed by atoms with Crippen molar-refractivity contribution in [1.29, 1.82) is 0 Å². The molecule has 0 bridgehead atoms. The number of hydrogen-bond acceptors (Lipinski definition) is 5. The highest BCUT2D eigenvalue weighted by Crippen LogP contribution is 2.09. The van der Waals surface area contributed by atoms with Gasteiger partial charge in [-0.2, -0.15) is 5.10 Å². The molecule has 0 fully saturated rings. The molecule has 0 spiro atoms. The number of aromatic carboxylic acids is 1. The maximum absolute atomic E-state index is 11.7. The molecule has 0 aliphatic carbocycles. The van der Waals surface area contributed by atoms with Gasteiger partial charge in [-0.15, -0.1) is 11.3 Å². The Kier molecular flexibility index (Phi) is 4.53. The van der Waals surface area contributed by atoms with Crippen molar-refractivity contribution in [2.24, 2.45) is 7.05 Å². The number of carboxylic acid groups (broad SMARTS) is 1. The van der Waals surface area contributed by atoms with Gasteiger partial charge in [-0.3, -0.25) is 4.68 Å². The van der Waals surface area contributed by atoms with E-state index in [1.165, 1.54) is 16.7 Å². The van der Waals surface area contributed by atoms with Gasteiger partial charge in [-0.05, 0) is 6.92 Å². The second-order valence-electron chi connectivity index (χ2n) is 4.38. The molecular weight excluding hydrogens is 294 g/mol. The van der Waals surface area contributed by atoms with E-state index in [0.29, 0.717) is 11.6 Å². The molecule has 2 amide bonds. The third kappa shape index (κ3) is 4.02. The first-order valence-electron chi connectivity index (χ1n) is 6.14. The lowest BCUT2D eigenvalue weighted by atomic mass is 10.3. The van der Waals surface area contributed by atoms with Crippen molar-refractivity contribution in [3.8, 4) is 0 Å². The van der Waals surface area contributed by atoms with Gasteiger partial charge < -0.3 is 15.7 Å². The standard InChI is InChI=1S/C12H15N5O3S/c1-7-8(5-17(2)16-7)3-13-12(20)14-4-10-15-9(6-21-10)11(18)19/h5-6H,3-4H2,1-2H3,(H,18,19)(H2,13,14,20). The molecule has 0 radical (unpaired) electrons. The fourth-order valence-electron chi connectivity index (χ4n) is 1.71.